The van der Waals surface area contributed by atoms with E-state index in [1.807, 2.05) is 47.2 Å². The van der Waals surface area contributed by atoms with Crippen molar-refractivity contribution in [1.29, 1.82) is 0 Å². The van der Waals surface area contributed by atoms with Crippen LogP contribution in [-0.4, -0.2) is 19.1 Å². The number of ether oxygens (including phenoxy) is 2. The van der Waals surface area contributed by atoms with E-state index in [0.717, 1.165) is 27.6 Å². The maximum Gasteiger partial charge on any atom is 0.265 e. The van der Waals surface area contributed by atoms with Crippen molar-refractivity contribution < 1.29 is 14.3 Å². The molecule has 0 saturated heterocycles. The number of hydrogen-bond acceptors (Lipinski definition) is 5. The summed E-state index contributed by atoms with van der Waals surface area (Å²) in [6.07, 6.45) is 0. The lowest BCUT2D eigenvalue weighted by Gasteiger charge is -2.18. The van der Waals surface area contributed by atoms with Gasteiger partial charge in [0.2, 0.25) is 0 Å². The van der Waals surface area contributed by atoms with Crippen LogP contribution >= 0.6 is 22.7 Å². The van der Waals surface area contributed by atoms with E-state index in [1.54, 1.807) is 11.3 Å². The van der Waals surface area contributed by atoms with Crippen molar-refractivity contribution in [3.63, 3.8) is 0 Å². The van der Waals surface area contributed by atoms with E-state index in [1.165, 1.54) is 11.3 Å². The van der Waals surface area contributed by atoms with Gasteiger partial charge < -0.3 is 14.8 Å². The molecular weight excluding hydrogens is 330 g/mol. The normalized spacial score (nSPS) is 12.9. The molecule has 1 aliphatic rings. The van der Waals surface area contributed by atoms with E-state index in [4.69, 9.17) is 9.47 Å². The highest BCUT2D eigenvalue weighted by atomic mass is 32.1. The first-order valence-electron chi connectivity index (χ1n) is 7.13. The van der Waals surface area contributed by atoms with Crippen molar-refractivity contribution in [2.24, 2.45) is 0 Å². The zero-order valence-electron chi connectivity index (χ0n) is 12.1. The fourth-order valence-electron chi connectivity index (χ4n) is 2.34. The highest BCUT2D eigenvalue weighted by Gasteiger charge is 2.15. The topological polar surface area (TPSA) is 47.6 Å². The molecule has 0 fully saturated rings. The van der Waals surface area contributed by atoms with E-state index in [0.29, 0.717) is 18.1 Å². The molecule has 0 spiro atoms. The highest BCUT2D eigenvalue weighted by molar-refractivity contribution is 7.17. The average molecular weight is 343 g/mol. The number of anilines is 1. The highest BCUT2D eigenvalue weighted by Crippen LogP contribution is 2.37. The number of carbonyl (C=O) groups is 1. The maximum absolute atomic E-state index is 12.2. The minimum absolute atomic E-state index is 0.0859. The van der Waals surface area contributed by atoms with Gasteiger partial charge in [0.1, 0.15) is 13.2 Å². The van der Waals surface area contributed by atoms with Gasteiger partial charge in [-0.05, 0) is 47.3 Å². The summed E-state index contributed by atoms with van der Waals surface area (Å²) >= 11 is 3.02. The summed E-state index contributed by atoms with van der Waals surface area (Å²) in [5, 5.41) is 6.74. The number of carbonyl (C=O) groups excluding carboxylic acids is 1. The van der Waals surface area contributed by atoms with E-state index in [9.17, 15) is 4.79 Å². The van der Waals surface area contributed by atoms with Crippen LogP contribution in [0.3, 0.4) is 0 Å². The Hall–Kier alpha value is -2.31. The van der Waals surface area contributed by atoms with Crippen molar-refractivity contribution in [1.82, 2.24) is 0 Å². The molecule has 0 atom stereocenters. The van der Waals surface area contributed by atoms with Crippen molar-refractivity contribution in [2.45, 2.75) is 0 Å². The minimum atomic E-state index is -0.0859. The van der Waals surface area contributed by atoms with Gasteiger partial charge in [0.05, 0.1) is 10.6 Å². The van der Waals surface area contributed by atoms with E-state index in [2.05, 4.69) is 5.32 Å². The molecule has 1 aliphatic heterocycles. The van der Waals surface area contributed by atoms with Crippen molar-refractivity contribution in [3.05, 3.63) is 52.0 Å². The number of hydrogen-bond donors (Lipinski definition) is 1. The summed E-state index contributed by atoms with van der Waals surface area (Å²) < 4.78 is 11.1. The second-order valence-corrected chi connectivity index (χ2v) is 6.85. The Morgan fingerprint density at radius 3 is 2.74 bits per heavy atom. The Labute approximate surface area is 141 Å². The zero-order chi connectivity index (χ0) is 15.6. The molecule has 0 saturated carbocycles. The van der Waals surface area contributed by atoms with E-state index < -0.39 is 0 Å². The fourth-order valence-corrected chi connectivity index (χ4v) is 3.83. The molecule has 0 aliphatic carbocycles. The number of rotatable bonds is 3. The van der Waals surface area contributed by atoms with Crippen molar-refractivity contribution in [2.75, 3.05) is 18.5 Å². The number of benzene rings is 1. The third kappa shape index (κ3) is 2.95. The predicted octanol–water partition coefficient (Wildman–Crippen LogP) is 4.50. The fraction of sp³-hybridized carbons (Fsp3) is 0.118. The molecule has 3 heterocycles. The Morgan fingerprint density at radius 2 is 1.91 bits per heavy atom. The van der Waals surface area contributed by atoms with Gasteiger partial charge in [0.15, 0.2) is 11.5 Å². The average Bonchev–Trinajstić information content (AvgIpc) is 3.26. The third-order valence-electron chi connectivity index (χ3n) is 3.44. The Balaban J connectivity index is 1.56. The molecule has 2 aromatic heterocycles. The largest absolute Gasteiger partial charge is 0.486 e. The van der Waals surface area contributed by atoms with Crippen molar-refractivity contribution >= 4 is 34.3 Å². The zero-order valence-corrected chi connectivity index (χ0v) is 13.7. The molecule has 0 bridgehead atoms. The maximum atomic E-state index is 12.2. The summed E-state index contributed by atoms with van der Waals surface area (Å²) in [5.74, 6) is 1.44. The summed E-state index contributed by atoms with van der Waals surface area (Å²) in [7, 11) is 0. The van der Waals surface area contributed by atoms with Gasteiger partial charge in [0, 0.05) is 10.3 Å². The summed E-state index contributed by atoms with van der Waals surface area (Å²) in [6, 6.07) is 11.5. The third-order valence-corrected chi connectivity index (χ3v) is 5.25. The van der Waals surface area contributed by atoms with Crippen LogP contribution < -0.4 is 14.8 Å². The molecule has 1 aromatic carbocycles. The quantitative estimate of drug-likeness (QED) is 0.762. The number of fused-ring (bicyclic) bond motifs is 1. The van der Waals surface area contributed by atoms with Gasteiger partial charge in [-0.25, -0.2) is 0 Å². The van der Waals surface area contributed by atoms with Crippen LogP contribution in [0.15, 0.2) is 47.2 Å². The van der Waals surface area contributed by atoms with Gasteiger partial charge in [-0.3, -0.25) is 4.79 Å². The van der Waals surface area contributed by atoms with Gasteiger partial charge in [0.25, 0.3) is 5.91 Å². The number of amides is 1. The molecule has 116 valence electrons. The lowest BCUT2D eigenvalue weighted by Crippen LogP contribution is -2.15. The van der Waals surface area contributed by atoms with Crippen LogP contribution in [0.25, 0.3) is 10.4 Å². The molecule has 1 N–H and O–H groups in total. The SMILES string of the molecule is O=C(Nc1ccsc1)c1ccc(-c2ccc3c(c2)OCCO3)s1. The summed E-state index contributed by atoms with van der Waals surface area (Å²) in [5.41, 5.74) is 1.85. The Morgan fingerprint density at radius 1 is 1.04 bits per heavy atom. The van der Waals surface area contributed by atoms with Gasteiger partial charge in [-0.1, -0.05) is 0 Å². The first-order valence-corrected chi connectivity index (χ1v) is 8.89. The number of thiophene rings is 2. The minimum Gasteiger partial charge on any atom is -0.486 e. The van der Waals surface area contributed by atoms with Gasteiger partial charge >= 0.3 is 0 Å². The second kappa shape index (κ2) is 6.06. The van der Waals surface area contributed by atoms with Crippen LogP contribution in [0, 0.1) is 0 Å². The summed E-state index contributed by atoms with van der Waals surface area (Å²) in [4.78, 5) is 14.0. The van der Waals surface area contributed by atoms with E-state index in [-0.39, 0.29) is 5.91 Å². The van der Waals surface area contributed by atoms with Crippen LogP contribution in [0.4, 0.5) is 5.69 Å². The monoisotopic (exact) mass is 343 g/mol. The first-order chi connectivity index (χ1) is 11.3. The molecule has 4 rings (SSSR count). The van der Waals surface area contributed by atoms with Gasteiger partial charge in [-0.2, -0.15) is 11.3 Å². The number of nitrogens with one attached hydrogen (secondary N) is 1. The second-order valence-electron chi connectivity index (χ2n) is 4.99. The van der Waals surface area contributed by atoms with Crippen LogP contribution in [0.1, 0.15) is 9.67 Å². The lowest BCUT2D eigenvalue weighted by atomic mass is 10.1. The Kier molecular flexibility index (Phi) is 3.77. The first kappa shape index (κ1) is 14.3. The van der Waals surface area contributed by atoms with Crippen molar-refractivity contribution in [3.8, 4) is 21.9 Å². The molecule has 6 heteroatoms. The van der Waals surface area contributed by atoms with Crippen LogP contribution in [0.5, 0.6) is 11.5 Å². The molecule has 4 nitrogen and oxygen atoms in total. The lowest BCUT2D eigenvalue weighted by molar-refractivity contribution is 0.103. The smallest absolute Gasteiger partial charge is 0.265 e. The molecule has 3 aromatic rings. The van der Waals surface area contributed by atoms with Crippen LogP contribution in [0.2, 0.25) is 0 Å². The molecular formula is C17H13NO3S2. The van der Waals surface area contributed by atoms with E-state index >= 15 is 0 Å². The molecule has 23 heavy (non-hydrogen) atoms. The Bertz CT molecular complexity index is 839. The molecule has 0 radical (unpaired) electrons. The standard InChI is InChI=1S/C17H13NO3S2/c19-17(18-12-5-8-22-10-12)16-4-3-15(23-16)11-1-2-13-14(9-11)21-7-6-20-13/h1-5,8-10H,6-7H2,(H,18,19). The summed E-state index contributed by atoms with van der Waals surface area (Å²) in [6.45, 7) is 1.15. The van der Waals surface area contributed by atoms with Crippen LogP contribution in [-0.2, 0) is 0 Å². The molecule has 1 amide bonds. The predicted molar refractivity (Wildman–Crippen MR) is 93.0 cm³/mol. The molecule has 0 unspecified atom stereocenters. The van der Waals surface area contributed by atoms with Gasteiger partial charge in [-0.15, -0.1) is 11.3 Å².